The average molecular weight is 256 g/mol. The summed E-state index contributed by atoms with van der Waals surface area (Å²) >= 11 is 0. The number of rotatable bonds is 3. The summed E-state index contributed by atoms with van der Waals surface area (Å²) < 4.78 is 0. The number of benzene rings is 1. The first kappa shape index (κ1) is 12.9. The molecule has 0 spiro atoms. The van der Waals surface area contributed by atoms with Gasteiger partial charge in [-0.05, 0) is 36.4 Å². The van der Waals surface area contributed by atoms with Crippen molar-refractivity contribution in [2.24, 2.45) is 0 Å². The van der Waals surface area contributed by atoms with Crippen molar-refractivity contribution in [1.29, 1.82) is 0 Å². The number of anilines is 3. The van der Waals surface area contributed by atoms with Gasteiger partial charge in [0.25, 0.3) is 5.91 Å². The lowest BCUT2D eigenvalue weighted by Gasteiger charge is -2.13. The molecule has 0 saturated heterocycles. The Morgan fingerprint density at radius 3 is 2.42 bits per heavy atom. The third-order valence-electron chi connectivity index (χ3n) is 2.64. The van der Waals surface area contributed by atoms with Crippen LogP contribution in [-0.2, 0) is 0 Å². The van der Waals surface area contributed by atoms with E-state index in [9.17, 15) is 4.79 Å². The quantitative estimate of drug-likeness (QED) is 0.881. The van der Waals surface area contributed by atoms with Crippen LogP contribution in [-0.4, -0.2) is 25.0 Å². The molecule has 0 fully saturated rings. The highest BCUT2D eigenvalue weighted by molar-refractivity contribution is 6.03. The molecular formula is C14H16N4O. The average Bonchev–Trinajstić information content (AvgIpc) is 2.39. The van der Waals surface area contributed by atoms with E-state index in [2.05, 4.69) is 10.3 Å². The highest BCUT2D eigenvalue weighted by Gasteiger charge is 2.07. The summed E-state index contributed by atoms with van der Waals surface area (Å²) in [6.07, 6.45) is 0. The Hall–Kier alpha value is -2.56. The zero-order valence-corrected chi connectivity index (χ0v) is 10.9. The van der Waals surface area contributed by atoms with Crippen molar-refractivity contribution >= 4 is 23.1 Å². The van der Waals surface area contributed by atoms with Crippen LogP contribution in [0.15, 0.2) is 42.5 Å². The second kappa shape index (κ2) is 5.39. The number of carbonyl (C=O) groups excluding carboxylic acids is 1. The van der Waals surface area contributed by atoms with E-state index in [0.29, 0.717) is 11.5 Å². The highest BCUT2D eigenvalue weighted by Crippen LogP contribution is 2.16. The molecule has 1 amide bonds. The Labute approximate surface area is 112 Å². The molecule has 0 radical (unpaired) electrons. The predicted octanol–water partition coefficient (Wildman–Crippen LogP) is 1.98. The first-order valence-corrected chi connectivity index (χ1v) is 5.87. The van der Waals surface area contributed by atoms with Gasteiger partial charge >= 0.3 is 0 Å². The van der Waals surface area contributed by atoms with E-state index >= 15 is 0 Å². The summed E-state index contributed by atoms with van der Waals surface area (Å²) in [5, 5.41) is 2.78. The molecule has 0 aliphatic carbocycles. The van der Waals surface area contributed by atoms with Crippen molar-refractivity contribution in [2.75, 3.05) is 30.0 Å². The largest absolute Gasteiger partial charge is 0.384 e. The molecule has 0 bridgehead atoms. The van der Waals surface area contributed by atoms with Crippen LogP contribution in [0.2, 0.25) is 0 Å². The molecule has 3 N–H and O–H groups in total. The SMILES string of the molecule is CN(C)c1ccc(NC(=O)c2cccc(N)n2)cc1. The maximum atomic E-state index is 11.9. The lowest BCUT2D eigenvalue weighted by Crippen LogP contribution is -2.14. The lowest BCUT2D eigenvalue weighted by atomic mass is 10.2. The molecule has 2 aromatic rings. The summed E-state index contributed by atoms with van der Waals surface area (Å²) in [5.74, 6) is 0.0560. The molecule has 1 aromatic heterocycles. The Morgan fingerprint density at radius 1 is 1.16 bits per heavy atom. The van der Waals surface area contributed by atoms with Crippen molar-refractivity contribution in [3.63, 3.8) is 0 Å². The van der Waals surface area contributed by atoms with E-state index in [0.717, 1.165) is 11.4 Å². The smallest absolute Gasteiger partial charge is 0.274 e. The van der Waals surface area contributed by atoms with Gasteiger partial charge in [0.15, 0.2) is 0 Å². The van der Waals surface area contributed by atoms with E-state index in [1.54, 1.807) is 18.2 Å². The topological polar surface area (TPSA) is 71.2 Å². The minimum Gasteiger partial charge on any atom is -0.384 e. The van der Waals surface area contributed by atoms with Crippen LogP contribution in [0.3, 0.4) is 0 Å². The maximum absolute atomic E-state index is 11.9. The van der Waals surface area contributed by atoms with Gasteiger partial charge < -0.3 is 16.0 Å². The third-order valence-corrected chi connectivity index (χ3v) is 2.64. The van der Waals surface area contributed by atoms with Gasteiger partial charge in [0, 0.05) is 25.5 Å². The Kier molecular flexibility index (Phi) is 3.66. The summed E-state index contributed by atoms with van der Waals surface area (Å²) in [7, 11) is 3.93. The molecule has 0 atom stereocenters. The Bertz CT molecular complexity index is 578. The van der Waals surface area contributed by atoms with Gasteiger partial charge in [-0.1, -0.05) is 6.07 Å². The van der Waals surface area contributed by atoms with Gasteiger partial charge in [-0.3, -0.25) is 4.79 Å². The fourth-order valence-electron chi connectivity index (χ4n) is 1.62. The predicted molar refractivity (Wildman–Crippen MR) is 77.4 cm³/mol. The molecule has 1 aromatic carbocycles. The fourth-order valence-corrected chi connectivity index (χ4v) is 1.62. The maximum Gasteiger partial charge on any atom is 0.274 e. The number of nitrogens with two attached hydrogens (primary N) is 1. The van der Waals surface area contributed by atoms with Crippen molar-refractivity contribution in [2.45, 2.75) is 0 Å². The van der Waals surface area contributed by atoms with E-state index in [1.165, 1.54) is 0 Å². The van der Waals surface area contributed by atoms with Crippen molar-refractivity contribution in [1.82, 2.24) is 4.98 Å². The van der Waals surface area contributed by atoms with Crippen molar-refractivity contribution in [3.05, 3.63) is 48.2 Å². The van der Waals surface area contributed by atoms with Crippen LogP contribution < -0.4 is 16.0 Å². The van der Waals surface area contributed by atoms with E-state index in [-0.39, 0.29) is 5.91 Å². The molecule has 0 aliphatic heterocycles. The van der Waals surface area contributed by atoms with Crippen LogP contribution in [0.1, 0.15) is 10.5 Å². The van der Waals surface area contributed by atoms with E-state index in [1.807, 2.05) is 43.3 Å². The third kappa shape index (κ3) is 3.22. The van der Waals surface area contributed by atoms with Crippen LogP contribution in [0.25, 0.3) is 0 Å². The summed E-state index contributed by atoms with van der Waals surface area (Å²) in [6.45, 7) is 0. The zero-order chi connectivity index (χ0) is 13.8. The normalized spacial score (nSPS) is 10.0. The van der Waals surface area contributed by atoms with Gasteiger partial charge in [0.1, 0.15) is 11.5 Å². The first-order valence-electron chi connectivity index (χ1n) is 5.87. The number of carbonyl (C=O) groups is 1. The first-order chi connectivity index (χ1) is 9.06. The molecular weight excluding hydrogens is 240 g/mol. The monoisotopic (exact) mass is 256 g/mol. The van der Waals surface area contributed by atoms with Crippen molar-refractivity contribution < 1.29 is 4.79 Å². The number of nitrogen functional groups attached to an aromatic ring is 1. The summed E-state index contributed by atoms with van der Waals surface area (Å²) in [4.78, 5) is 17.9. The highest BCUT2D eigenvalue weighted by atomic mass is 16.1. The van der Waals surface area contributed by atoms with Crippen LogP contribution in [0, 0.1) is 0 Å². The van der Waals surface area contributed by atoms with Gasteiger partial charge in [-0.15, -0.1) is 0 Å². The van der Waals surface area contributed by atoms with E-state index in [4.69, 9.17) is 5.73 Å². The fraction of sp³-hybridized carbons (Fsp3) is 0.143. The second-order valence-corrected chi connectivity index (χ2v) is 4.34. The lowest BCUT2D eigenvalue weighted by molar-refractivity contribution is 0.102. The molecule has 19 heavy (non-hydrogen) atoms. The van der Waals surface area contributed by atoms with Gasteiger partial charge in [-0.25, -0.2) is 4.98 Å². The Morgan fingerprint density at radius 2 is 1.84 bits per heavy atom. The number of hydrogen-bond acceptors (Lipinski definition) is 4. The second-order valence-electron chi connectivity index (χ2n) is 4.34. The van der Waals surface area contributed by atoms with Gasteiger partial charge in [0.2, 0.25) is 0 Å². The van der Waals surface area contributed by atoms with Gasteiger partial charge in [-0.2, -0.15) is 0 Å². The number of amides is 1. The van der Waals surface area contributed by atoms with Crippen LogP contribution >= 0.6 is 0 Å². The molecule has 5 nitrogen and oxygen atoms in total. The van der Waals surface area contributed by atoms with Crippen molar-refractivity contribution in [3.8, 4) is 0 Å². The number of nitrogens with zero attached hydrogens (tertiary/aromatic N) is 2. The number of hydrogen-bond donors (Lipinski definition) is 2. The zero-order valence-electron chi connectivity index (χ0n) is 10.9. The summed E-state index contributed by atoms with van der Waals surface area (Å²) in [5.41, 5.74) is 7.64. The molecule has 5 heteroatoms. The molecule has 1 heterocycles. The van der Waals surface area contributed by atoms with Crippen LogP contribution in [0.4, 0.5) is 17.2 Å². The summed E-state index contributed by atoms with van der Waals surface area (Å²) in [6, 6.07) is 12.5. The number of aromatic nitrogens is 1. The van der Waals surface area contributed by atoms with E-state index < -0.39 is 0 Å². The molecule has 2 rings (SSSR count). The molecule has 0 aliphatic rings. The minimum atomic E-state index is -0.273. The minimum absolute atomic E-state index is 0.273. The van der Waals surface area contributed by atoms with Gasteiger partial charge in [0.05, 0.1) is 0 Å². The molecule has 0 unspecified atom stereocenters. The number of nitrogens with one attached hydrogen (secondary N) is 1. The molecule has 0 saturated carbocycles. The standard InChI is InChI=1S/C14H16N4O/c1-18(2)11-8-6-10(7-9-11)16-14(19)12-4-3-5-13(15)17-12/h3-9H,1-2H3,(H2,15,17)(H,16,19). The Balaban J connectivity index is 2.10. The molecule has 98 valence electrons. The van der Waals surface area contributed by atoms with Crippen LogP contribution in [0.5, 0.6) is 0 Å². The number of pyridine rings is 1.